The van der Waals surface area contributed by atoms with E-state index in [9.17, 15) is 18.0 Å². The number of aromatic nitrogens is 2. The molecule has 1 saturated carbocycles. The van der Waals surface area contributed by atoms with Crippen molar-refractivity contribution in [2.24, 2.45) is 0 Å². The number of hydrogen-bond donors (Lipinski definition) is 1. The fourth-order valence-corrected chi connectivity index (χ4v) is 5.84. The zero-order chi connectivity index (χ0) is 20.6. The van der Waals surface area contributed by atoms with Gasteiger partial charge in [-0.1, -0.05) is 0 Å². The van der Waals surface area contributed by atoms with E-state index in [4.69, 9.17) is 4.74 Å². The number of nitrogens with one attached hydrogen (secondary N) is 1. The lowest BCUT2D eigenvalue weighted by Gasteiger charge is -2.31. The first-order valence-corrected chi connectivity index (χ1v) is 12.2. The van der Waals surface area contributed by atoms with Gasteiger partial charge in [0.1, 0.15) is 5.69 Å². The number of sulfone groups is 1. The molecule has 1 unspecified atom stereocenters. The summed E-state index contributed by atoms with van der Waals surface area (Å²) in [5.74, 6) is 0.422. The zero-order valence-corrected chi connectivity index (χ0v) is 17.5. The molecule has 160 valence electrons. The smallest absolute Gasteiger partial charge is 0.409 e. The van der Waals surface area contributed by atoms with Crippen molar-refractivity contribution < 1.29 is 22.7 Å². The minimum atomic E-state index is -3.02. The average molecular weight is 425 g/mol. The summed E-state index contributed by atoms with van der Waals surface area (Å²) in [5, 5.41) is 7.53. The van der Waals surface area contributed by atoms with Crippen LogP contribution < -0.4 is 5.32 Å². The summed E-state index contributed by atoms with van der Waals surface area (Å²) in [5.41, 5.74) is 1.33. The Morgan fingerprint density at radius 3 is 2.52 bits per heavy atom. The van der Waals surface area contributed by atoms with E-state index in [1.54, 1.807) is 16.5 Å². The van der Waals surface area contributed by atoms with Crippen LogP contribution in [-0.4, -0.2) is 72.3 Å². The number of nitrogens with zero attached hydrogens (tertiary/aromatic N) is 3. The van der Waals surface area contributed by atoms with Gasteiger partial charge >= 0.3 is 6.09 Å². The predicted molar refractivity (Wildman–Crippen MR) is 106 cm³/mol. The molecule has 10 heteroatoms. The van der Waals surface area contributed by atoms with Gasteiger partial charge in [0.25, 0.3) is 5.91 Å². The number of rotatable bonds is 5. The van der Waals surface area contributed by atoms with Gasteiger partial charge < -0.3 is 15.0 Å². The highest BCUT2D eigenvalue weighted by Gasteiger charge is 2.36. The normalized spacial score (nSPS) is 24.4. The summed E-state index contributed by atoms with van der Waals surface area (Å²) in [4.78, 5) is 26.2. The molecule has 1 aliphatic carbocycles. The number of carbonyl (C=O) groups is 2. The van der Waals surface area contributed by atoms with Crippen LogP contribution in [0.3, 0.4) is 0 Å². The summed E-state index contributed by atoms with van der Waals surface area (Å²) >= 11 is 0. The molecule has 3 aliphatic rings. The van der Waals surface area contributed by atoms with E-state index in [2.05, 4.69) is 10.4 Å². The molecule has 0 radical (unpaired) electrons. The summed E-state index contributed by atoms with van der Waals surface area (Å²) < 4.78 is 30.6. The average Bonchev–Trinajstić information content (AvgIpc) is 3.33. The lowest BCUT2D eigenvalue weighted by molar-refractivity contribution is 0.0856. The largest absolute Gasteiger partial charge is 0.450 e. The number of carbonyl (C=O) groups excluding carboxylic acids is 2. The molecule has 3 fully saturated rings. The van der Waals surface area contributed by atoms with Gasteiger partial charge in [-0.15, -0.1) is 0 Å². The Balaban J connectivity index is 1.39. The van der Waals surface area contributed by atoms with Crippen LogP contribution in [0.1, 0.15) is 67.2 Å². The van der Waals surface area contributed by atoms with Gasteiger partial charge in [0.05, 0.1) is 24.2 Å². The second-order valence-electron chi connectivity index (χ2n) is 8.16. The van der Waals surface area contributed by atoms with Crippen molar-refractivity contribution in [3.8, 4) is 0 Å². The van der Waals surface area contributed by atoms with E-state index in [1.807, 2.05) is 6.07 Å². The Labute approximate surface area is 170 Å². The number of ether oxygens (including phenoxy) is 1. The van der Waals surface area contributed by atoms with Crippen molar-refractivity contribution in [3.05, 3.63) is 17.5 Å². The van der Waals surface area contributed by atoms with Crippen LogP contribution in [0.5, 0.6) is 0 Å². The van der Waals surface area contributed by atoms with Crippen LogP contribution in [0.15, 0.2) is 6.07 Å². The minimum absolute atomic E-state index is 0.0189. The van der Waals surface area contributed by atoms with E-state index in [0.29, 0.717) is 50.6 Å². The minimum Gasteiger partial charge on any atom is -0.450 e. The first kappa shape index (κ1) is 20.2. The van der Waals surface area contributed by atoms with Gasteiger partial charge in [0, 0.05) is 30.7 Å². The van der Waals surface area contributed by atoms with E-state index in [0.717, 1.165) is 18.5 Å². The SMILES string of the molecule is CCOC(=O)N1CCC(NC(=O)c2cc(C3CC3)n(C3CCS(=O)(=O)C3)n2)CC1. The van der Waals surface area contributed by atoms with E-state index < -0.39 is 9.84 Å². The van der Waals surface area contributed by atoms with Gasteiger partial charge in [-0.25, -0.2) is 13.2 Å². The summed E-state index contributed by atoms with van der Waals surface area (Å²) in [7, 11) is -3.02. The molecule has 1 aromatic rings. The van der Waals surface area contributed by atoms with Gasteiger partial charge in [0.2, 0.25) is 0 Å². The molecule has 29 heavy (non-hydrogen) atoms. The fourth-order valence-electron chi connectivity index (χ4n) is 4.15. The number of piperidine rings is 1. The maximum Gasteiger partial charge on any atom is 0.409 e. The van der Waals surface area contributed by atoms with Crippen LogP contribution in [0.25, 0.3) is 0 Å². The Hall–Kier alpha value is -2.10. The standard InChI is InChI=1S/C19H28N4O5S/c1-2-28-19(25)22-8-5-14(6-9-22)20-18(24)16-11-17(13-3-4-13)23(21-16)15-7-10-29(26,27)12-15/h11,13-15H,2-10,12H2,1H3,(H,20,24). The third-order valence-corrected chi connectivity index (χ3v) is 7.65. The third-order valence-electron chi connectivity index (χ3n) is 5.90. The Bertz CT molecular complexity index is 884. The van der Waals surface area contributed by atoms with Crippen LogP contribution in [-0.2, 0) is 14.6 Å². The number of likely N-dealkylation sites (tertiary alicyclic amines) is 1. The van der Waals surface area contributed by atoms with Crippen molar-refractivity contribution in [1.82, 2.24) is 20.0 Å². The molecule has 1 aromatic heterocycles. The molecular weight excluding hydrogens is 396 g/mol. The van der Waals surface area contributed by atoms with Crippen LogP contribution in [0.4, 0.5) is 4.79 Å². The maximum absolute atomic E-state index is 12.8. The Morgan fingerprint density at radius 2 is 1.93 bits per heavy atom. The topological polar surface area (TPSA) is 111 Å². The highest BCUT2D eigenvalue weighted by Crippen LogP contribution is 2.42. The van der Waals surface area contributed by atoms with Crippen molar-refractivity contribution in [2.75, 3.05) is 31.2 Å². The molecule has 0 bridgehead atoms. The Morgan fingerprint density at radius 1 is 1.21 bits per heavy atom. The summed E-state index contributed by atoms with van der Waals surface area (Å²) in [6.07, 6.45) is 3.69. The second-order valence-corrected chi connectivity index (χ2v) is 10.4. The van der Waals surface area contributed by atoms with Crippen LogP contribution in [0.2, 0.25) is 0 Å². The fraction of sp³-hybridized carbons (Fsp3) is 0.737. The second kappa shape index (κ2) is 7.97. The molecule has 2 aliphatic heterocycles. The molecule has 0 aromatic carbocycles. The Kier molecular flexibility index (Phi) is 5.54. The summed E-state index contributed by atoms with van der Waals surface area (Å²) in [6, 6.07) is 1.63. The molecule has 2 saturated heterocycles. The monoisotopic (exact) mass is 424 g/mol. The van der Waals surface area contributed by atoms with Crippen molar-refractivity contribution >= 4 is 21.8 Å². The molecule has 3 heterocycles. The predicted octanol–water partition coefficient (Wildman–Crippen LogP) is 1.47. The van der Waals surface area contributed by atoms with Crippen molar-refractivity contribution in [2.45, 2.75) is 57.0 Å². The number of amides is 2. The van der Waals surface area contributed by atoms with E-state index in [-0.39, 0.29) is 35.6 Å². The van der Waals surface area contributed by atoms with Gasteiger partial charge in [-0.3, -0.25) is 9.48 Å². The first-order valence-electron chi connectivity index (χ1n) is 10.4. The highest BCUT2D eigenvalue weighted by molar-refractivity contribution is 7.91. The van der Waals surface area contributed by atoms with E-state index >= 15 is 0 Å². The summed E-state index contributed by atoms with van der Waals surface area (Å²) in [6.45, 7) is 3.22. The quantitative estimate of drug-likeness (QED) is 0.766. The highest BCUT2D eigenvalue weighted by atomic mass is 32.2. The lowest BCUT2D eigenvalue weighted by Crippen LogP contribution is -2.46. The van der Waals surface area contributed by atoms with Crippen LogP contribution >= 0.6 is 0 Å². The number of hydrogen-bond acceptors (Lipinski definition) is 6. The zero-order valence-electron chi connectivity index (χ0n) is 16.7. The maximum atomic E-state index is 12.8. The molecule has 4 rings (SSSR count). The molecule has 9 nitrogen and oxygen atoms in total. The molecule has 1 N–H and O–H groups in total. The van der Waals surface area contributed by atoms with Crippen LogP contribution in [0, 0.1) is 0 Å². The van der Waals surface area contributed by atoms with Gasteiger partial charge in [0.15, 0.2) is 9.84 Å². The van der Waals surface area contributed by atoms with Crippen molar-refractivity contribution in [3.63, 3.8) is 0 Å². The van der Waals surface area contributed by atoms with Gasteiger partial charge in [-0.05, 0) is 45.1 Å². The molecule has 1 atom stereocenters. The lowest BCUT2D eigenvalue weighted by atomic mass is 10.1. The molecular formula is C19H28N4O5S. The third kappa shape index (κ3) is 4.57. The van der Waals surface area contributed by atoms with E-state index in [1.165, 1.54) is 0 Å². The van der Waals surface area contributed by atoms with Gasteiger partial charge in [-0.2, -0.15) is 5.10 Å². The first-order chi connectivity index (χ1) is 13.9. The molecule has 0 spiro atoms. The van der Waals surface area contributed by atoms with Crippen molar-refractivity contribution in [1.29, 1.82) is 0 Å². The molecule has 2 amide bonds.